The minimum Gasteiger partial charge on any atom is -0.480 e. The summed E-state index contributed by atoms with van der Waals surface area (Å²) in [7, 11) is 0. The number of carboxylic acid groups (broad SMARTS) is 1. The Balaban J connectivity index is 2.16. The van der Waals surface area contributed by atoms with Crippen molar-refractivity contribution in [3.63, 3.8) is 0 Å². The summed E-state index contributed by atoms with van der Waals surface area (Å²) >= 11 is 0. The van der Waals surface area contributed by atoms with Crippen molar-refractivity contribution in [3.05, 3.63) is 34.9 Å². The molecule has 0 aromatic heterocycles. The number of aliphatic carboxylic acids is 1. The molecule has 1 aromatic carbocycles. The first kappa shape index (κ1) is 11.1. The number of aliphatic hydroxyl groups is 1. The molecule has 0 fully saturated rings. The Bertz CT molecular complexity index is 417. The molecule has 86 valence electrons. The van der Waals surface area contributed by atoms with Crippen LogP contribution in [0.3, 0.4) is 0 Å². The van der Waals surface area contributed by atoms with Gasteiger partial charge in [-0.3, -0.25) is 4.79 Å². The number of hydrogen-bond acceptors (Lipinski definition) is 3. The molecule has 1 aromatic rings. The largest absolute Gasteiger partial charge is 0.480 e. The van der Waals surface area contributed by atoms with Crippen LogP contribution >= 0.6 is 0 Å². The fraction of sp³-hybridized carbons (Fsp3) is 0.417. The molecule has 0 amide bonds. The van der Waals surface area contributed by atoms with Crippen LogP contribution in [0.5, 0.6) is 0 Å². The number of rotatable bonds is 3. The summed E-state index contributed by atoms with van der Waals surface area (Å²) in [5.41, 5.74) is 8.47. The third-order valence-corrected chi connectivity index (χ3v) is 3.03. The van der Waals surface area contributed by atoms with Crippen LogP contribution in [0, 0.1) is 0 Å². The van der Waals surface area contributed by atoms with Crippen LogP contribution in [0.2, 0.25) is 0 Å². The molecule has 0 radical (unpaired) electrons. The van der Waals surface area contributed by atoms with Crippen LogP contribution < -0.4 is 5.73 Å². The van der Waals surface area contributed by atoms with E-state index >= 15 is 0 Å². The Morgan fingerprint density at radius 1 is 1.56 bits per heavy atom. The molecular weight excluding hydrogens is 206 g/mol. The molecule has 4 N–H and O–H groups in total. The molecule has 0 bridgehead atoms. The van der Waals surface area contributed by atoms with E-state index in [-0.39, 0.29) is 6.10 Å². The van der Waals surface area contributed by atoms with Crippen LogP contribution in [0.1, 0.15) is 29.2 Å². The van der Waals surface area contributed by atoms with E-state index in [0.717, 1.165) is 29.5 Å². The van der Waals surface area contributed by atoms with Crippen LogP contribution in [0.25, 0.3) is 0 Å². The third-order valence-electron chi connectivity index (χ3n) is 3.03. The van der Waals surface area contributed by atoms with Crippen molar-refractivity contribution in [1.29, 1.82) is 0 Å². The second kappa shape index (κ2) is 4.23. The number of aliphatic hydroxyl groups excluding tert-OH is 1. The maximum Gasteiger partial charge on any atom is 0.320 e. The Kier molecular flexibility index (Phi) is 2.94. The van der Waals surface area contributed by atoms with Gasteiger partial charge in [0.25, 0.3) is 0 Å². The maximum atomic E-state index is 10.6. The molecule has 0 saturated heterocycles. The average Bonchev–Trinajstić information content (AvgIpc) is 2.60. The topological polar surface area (TPSA) is 83.5 Å². The van der Waals surface area contributed by atoms with Gasteiger partial charge in [0, 0.05) is 0 Å². The third kappa shape index (κ3) is 2.08. The molecule has 2 atom stereocenters. The maximum absolute atomic E-state index is 10.6. The normalized spacial score (nSPS) is 20.5. The zero-order valence-electron chi connectivity index (χ0n) is 8.89. The molecule has 2 unspecified atom stereocenters. The summed E-state index contributed by atoms with van der Waals surface area (Å²) in [6.45, 7) is 0. The quantitative estimate of drug-likeness (QED) is 0.698. The van der Waals surface area contributed by atoms with Crippen molar-refractivity contribution in [3.8, 4) is 0 Å². The van der Waals surface area contributed by atoms with E-state index in [1.807, 2.05) is 18.2 Å². The van der Waals surface area contributed by atoms with E-state index < -0.39 is 12.0 Å². The van der Waals surface area contributed by atoms with Gasteiger partial charge in [0.15, 0.2) is 0 Å². The second-order valence-electron chi connectivity index (χ2n) is 4.24. The molecule has 4 heteroatoms. The Morgan fingerprint density at radius 2 is 2.31 bits per heavy atom. The lowest BCUT2D eigenvalue weighted by atomic mass is 10.0. The Morgan fingerprint density at radius 3 is 3.00 bits per heavy atom. The highest BCUT2D eigenvalue weighted by atomic mass is 16.4. The highest BCUT2D eigenvalue weighted by Crippen LogP contribution is 2.31. The van der Waals surface area contributed by atoms with Gasteiger partial charge >= 0.3 is 5.97 Å². The fourth-order valence-electron chi connectivity index (χ4n) is 2.12. The smallest absolute Gasteiger partial charge is 0.320 e. The van der Waals surface area contributed by atoms with Crippen LogP contribution in [-0.4, -0.2) is 22.2 Å². The SMILES string of the molecule is NC(Cc1ccc2c(c1)CCC2O)C(=O)O. The van der Waals surface area contributed by atoms with Gasteiger partial charge in [-0.25, -0.2) is 0 Å². The predicted octanol–water partition coefficient (Wildman–Crippen LogP) is 0.621. The predicted molar refractivity (Wildman–Crippen MR) is 59.0 cm³/mol. The number of hydrogen-bond donors (Lipinski definition) is 3. The molecule has 0 heterocycles. The summed E-state index contributed by atoms with van der Waals surface area (Å²) in [5, 5.41) is 18.3. The van der Waals surface area contributed by atoms with Gasteiger partial charge < -0.3 is 15.9 Å². The van der Waals surface area contributed by atoms with Crippen molar-refractivity contribution in [2.75, 3.05) is 0 Å². The Labute approximate surface area is 93.7 Å². The van der Waals surface area contributed by atoms with E-state index in [2.05, 4.69) is 0 Å². The van der Waals surface area contributed by atoms with Gasteiger partial charge in [0.05, 0.1) is 6.10 Å². The van der Waals surface area contributed by atoms with Crippen molar-refractivity contribution in [2.24, 2.45) is 5.73 Å². The number of carbonyl (C=O) groups is 1. The zero-order chi connectivity index (χ0) is 11.7. The van der Waals surface area contributed by atoms with E-state index in [9.17, 15) is 9.90 Å². The van der Waals surface area contributed by atoms with Gasteiger partial charge in [-0.15, -0.1) is 0 Å². The Hall–Kier alpha value is -1.39. The average molecular weight is 221 g/mol. The van der Waals surface area contributed by atoms with Crippen molar-refractivity contribution >= 4 is 5.97 Å². The molecule has 1 aliphatic rings. The van der Waals surface area contributed by atoms with E-state index in [4.69, 9.17) is 10.8 Å². The van der Waals surface area contributed by atoms with Gasteiger partial charge in [-0.2, -0.15) is 0 Å². The summed E-state index contributed by atoms with van der Waals surface area (Å²) in [5.74, 6) is -0.986. The first-order chi connectivity index (χ1) is 7.58. The second-order valence-corrected chi connectivity index (χ2v) is 4.24. The van der Waals surface area contributed by atoms with Crippen LogP contribution in [0.15, 0.2) is 18.2 Å². The van der Waals surface area contributed by atoms with Gasteiger partial charge in [-0.05, 0) is 36.0 Å². The molecule has 2 rings (SSSR count). The molecular formula is C12H15NO3. The minimum absolute atomic E-state index is 0.332. The number of aryl methyl sites for hydroxylation is 1. The lowest BCUT2D eigenvalue weighted by Gasteiger charge is -2.09. The van der Waals surface area contributed by atoms with Gasteiger partial charge in [-0.1, -0.05) is 18.2 Å². The lowest BCUT2D eigenvalue weighted by molar-refractivity contribution is -0.138. The molecule has 4 nitrogen and oxygen atoms in total. The standard InChI is InChI=1S/C12H15NO3/c13-10(12(15)16)6-7-1-3-9-8(5-7)2-4-11(9)14/h1,3,5,10-11,14H,2,4,6,13H2,(H,15,16). The highest BCUT2D eigenvalue weighted by molar-refractivity contribution is 5.73. The fourth-order valence-corrected chi connectivity index (χ4v) is 2.12. The monoisotopic (exact) mass is 221 g/mol. The summed E-state index contributed by atoms with van der Waals surface area (Å²) in [4.78, 5) is 10.6. The summed E-state index contributed by atoms with van der Waals surface area (Å²) in [6.07, 6.45) is 1.58. The molecule has 16 heavy (non-hydrogen) atoms. The van der Waals surface area contributed by atoms with Crippen molar-refractivity contribution < 1.29 is 15.0 Å². The van der Waals surface area contributed by atoms with Crippen molar-refractivity contribution in [2.45, 2.75) is 31.4 Å². The van der Waals surface area contributed by atoms with Crippen LogP contribution in [0.4, 0.5) is 0 Å². The van der Waals surface area contributed by atoms with E-state index in [1.165, 1.54) is 0 Å². The molecule has 0 aliphatic heterocycles. The number of carboxylic acids is 1. The lowest BCUT2D eigenvalue weighted by Crippen LogP contribution is -2.32. The first-order valence-corrected chi connectivity index (χ1v) is 5.36. The van der Waals surface area contributed by atoms with Gasteiger partial charge in [0.2, 0.25) is 0 Å². The minimum atomic E-state index is -0.986. The van der Waals surface area contributed by atoms with Gasteiger partial charge in [0.1, 0.15) is 6.04 Å². The van der Waals surface area contributed by atoms with Crippen LogP contribution in [-0.2, 0) is 17.6 Å². The summed E-state index contributed by atoms with van der Waals surface area (Å²) < 4.78 is 0. The zero-order valence-corrected chi connectivity index (χ0v) is 8.89. The molecule has 0 spiro atoms. The number of fused-ring (bicyclic) bond motifs is 1. The van der Waals surface area contributed by atoms with E-state index in [0.29, 0.717) is 6.42 Å². The molecule has 1 aliphatic carbocycles. The number of benzene rings is 1. The molecule has 0 saturated carbocycles. The number of nitrogens with two attached hydrogens (primary N) is 1. The first-order valence-electron chi connectivity index (χ1n) is 5.36. The summed E-state index contributed by atoms with van der Waals surface area (Å²) in [6, 6.07) is 4.81. The van der Waals surface area contributed by atoms with E-state index in [1.54, 1.807) is 0 Å². The highest BCUT2D eigenvalue weighted by Gasteiger charge is 2.21. The van der Waals surface area contributed by atoms with Crippen molar-refractivity contribution in [1.82, 2.24) is 0 Å².